The van der Waals surface area contributed by atoms with Crippen LogP contribution in [0.3, 0.4) is 0 Å². The van der Waals surface area contributed by atoms with Gasteiger partial charge in [0.2, 0.25) is 5.91 Å². The average Bonchev–Trinajstić information content (AvgIpc) is 3.49. The number of aromatic nitrogens is 4. The molecule has 0 N–H and O–H groups in total. The van der Waals surface area contributed by atoms with Crippen LogP contribution in [0.2, 0.25) is 5.02 Å². The molecule has 0 saturated carbocycles. The molecule has 2 aliphatic rings. The molecule has 1 amide bonds. The number of benzene rings is 2. The van der Waals surface area contributed by atoms with E-state index in [9.17, 15) is 13.6 Å². The molecular formula is C32H35ClF3N7O2. The molecule has 9 nitrogen and oxygen atoms in total. The van der Waals surface area contributed by atoms with Gasteiger partial charge in [-0.2, -0.15) is 15.1 Å². The first kappa shape index (κ1) is 31.1. The van der Waals surface area contributed by atoms with E-state index in [0.29, 0.717) is 29.9 Å². The summed E-state index contributed by atoms with van der Waals surface area (Å²) >= 11 is 6.91. The lowest BCUT2D eigenvalue weighted by Crippen LogP contribution is -2.58. The van der Waals surface area contributed by atoms with Crippen LogP contribution in [-0.2, 0) is 11.8 Å². The van der Waals surface area contributed by atoms with Crippen LogP contribution < -0.4 is 9.64 Å². The summed E-state index contributed by atoms with van der Waals surface area (Å²) < 4.78 is 52.7. The van der Waals surface area contributed by atoms with E-state index >= 15 is 4.39 Å². The summed E-state index contributed by atoms with van der Waals surface area (Å²) in [5.41, 5.74) is 2.27. The minimum Gasteiger partial charge on any atom is -0.462 e. The number of hydrogen-bond donors (Lipinski definition) is 0. The zero-order valence-electron chi connectivity index (χ0n) is 25.8. The van der Waals surface area contributed by atoms with Gasteiger partial charge in [-0.1, -0.05) is 30.3 Å². The predicted molar refractivity (Wildman–Crippen MR) is 169 cm³/mol. The van der Waals surface area contributed by atoms with E-state index in [0.717, 1.165) is 16.5 Å². The number of piperazine rings is 1. The zero-order valence-corrected chi connectivity index (χ0v) is 26.6. The zero-order chi connectivity index (χ0) is 32.4. The van der Waals surface area contributed by atoms with Crippen LogP contribution in [-0.4, -0.2) is 92.8 Å². The summed E-state index contributed by atoms with van der Waals surface area (Å²) in [4.78, 5) is 27.0. The van der Waals surface area contributed by atoms with Crippen molar-refractivity contribution in [3.8, 4) is 17.1 Å². The molecule has 2 aromatic heterocycles. The number of anilines is 1. The van der Waals surface area contributed by atoms with Gasteiger partial charge < -0.3 is 14.5 Å². The van der Waals surface area contributed by atoms with Crippen LogP contribution in [0.4, 0.5) is 19.0 Å². The first-order chi connectivity index (χ1) is 21.3. The number of likely N-dealkylation sites (N-methyl/N-ethyl adjacent to an activating group) is 1. The Kier molecular flexibility index (Phi) is 7.93. The largest absolute Gasteiger partial charge is 0.462 e. The fraction of sp³-hybridized carbons (Fsp3) is 0.438. The van der Waals surface area contributed by atoms with Gasteiger partial charge in [0.05, 0.1) is 23.3 Å². The number of likely N-dealkylation sites (tertiary alicyclic amines) is 1. The second kappa shape index (κ2) is 11.5. The number of halogens is 4. The smallest absolute Gasteiger partial charge is 0.319 e. The molecule has 0 bridgehead atoms. The van der Waals surface area contributed by atoms with E-state index in [1.54, 1.807) is 35.9 Å². The fourth-order valence-electron chi connectivity index (χ4n) is 6.62. The van der Waals surface area contributed by atoms with Crippen molar-refractivity contribution in [3.63, 3.8) is 0 Å². The van der Waals surface area contributed by atoms with Gasteiger partial charge in [0.25, 0.3) is 5.92 Å². The quantitative estimate of drug-likeness (QED) is 0.253. The highest BCUT2D eigenvalue weighted by molar-refractivity contribution is 6.35. The Morgan fingerprint density at radius 2 is 1.93 bits per heavy atom. The van der Waals surface area contributed by atoms with Crippen LogP contribution in [0.15, 0.2) is 37.1 Å². The monoisotopic (exact) mass is 641 g/mol. The van der Waals surface area contributed by atoms with Crippen LogP contribution in [0.5, 0.6) is 6.01 Å². The number of amides is 1. The Hall–Kier alpha value is -3.90. The highest BCUT2D eigenvalue weighted by Gasteiger charge is 2.43. The standard InChI is InChI=1S/C32H35ClF3N7O2/c1-7-24(44)42-13-19(4)43(14-18(42)3)30-22-10-23(33)26(25-17(2)8-9-20-12-37-41(6)29(20)25)27(34)28(22)38-31(39-30)45-15-21-11-32(35,36)16-40(21)5/h7-10,12,18-19,21H,1,11,13-16H2,2-6H3/t18-,19+,21+/m1/s1. The van der Waals surface area contributed by atoms with Crippen LogP contribution in [0, 0.1) is 12.7 Å². The number of nitrogens with zero attached hydrogens (tertiary/aromatic N) is 7. The van der Waals surface area contributed by atoms with Gasteiger partial charge in [-0.15, -0.1) is 0 Å². The number of carbonyl (C=O) groups excluding carboxylic acids is 1. The molecule has 4 heterocycles. The Morgan fingerprint density at radius 3 is 2.62 bits per heavy atom. The molecule has 238 valence electrons. The first-order valence-corrected chi connectivity index (χ1v) is 15.2. The lowest BCUT2D eigenvalue weighted by molar-refractivity contribution is -0.128. The van der Waals surface area contributed by atoms with Gasteiger partial charge in [0.15, 0.2) is 5.82 Å². The molecule has 0 unspecified atom stereocenters. The summed E-state index contributed by atoms with van der Waals surface area (Å²) in [6.45, 7) is 9.65. The molecule has 2 aromatic carbocycles. The van der Waals surface area contributed by atoms with Gasteiger partial charge in [-0.25, -0.2) is 13.2 Å². The molecule has 13 heteroatoms. The van der Waals surface area contributed by atoms with Crippen molar-refractivity contribution in [3.05, 3.63) is 53.5 Å². The topological polar surface area (TPSA) is 79.6 Å². The predicted octanol–water partition coefficient (Wildman–Crippen LogP) is 5.61. The molecule has 45 heavy (non-hydrogen) atoms. The second-order valence-corrected chi connectivity index (χ2v) is 12.6. The number of ether oxygens (including phenoxy) is 1. The molecule has 0 radical (unpaired) electrons. The third kappa shape index (κ3) is 5.48. The third-order valence-corrected chi connectivity index (χ3v) is 9.26. The molecular weight excluding hydrogens is 607 g/mol. The number of carbonyl (C=O) groups is 1. The third-order valence-electron chi connectivity index (χ3n) is 8.96. The minimum atomic E-state index is -2.82. The van der Waals surface area contributed by atoms with Gasteiger partial charge in [-0.05, 0) is 45.5 Å². The summed E-state index contributed by atoms with van der Waals surface area (Å²) in [6.07, 6.45) is 2.63. The molecule has 2 aliphatic heterocycles. The molecule has 6 rings (SSSR count). The molecule has 2 saturated heterocycles. The van der Waals surface area contributed by atoms with Crippen molar-refractivity contribution < 1.29 is 22.7 Å². The normalized spacial score (nSPS) is 22.0. The van der Waals surface area contributed by atoms with Crippen LogP contribution in [0.25, 0.3) is 32.9 Å². The number of hydrogen-bond acceptors (Lipinski definition) is 7. The maximum absolute atomic E-state index is 16.9. The summed E-state index contributed by atoms with van der Waals surface area (Å²) in [5, 5.41) is 5.73. The number of alkyl halides is 2. The maximum atomic E-state index is 16.9. The molecule has 3 atom stereocenters. The van der Waals surface area contributed by atoms with E-state index in [4.69, 9.17) is 21.3 Å². The van der Waals surface area contributed by atoms with E-state index in [2.05, 4.69) is 16.7 Å². The van der Waals surface area contributed by atoms with E-state index in [1.165, 1.54) is 11.0 Å². The van der Waals surface area contributed by atoms with Gasteiger partial charge in [0, 0.05) is 66.6 Å². The van der Waals surface area contributed by atoms with Gasteiger partial charge >= 0.3 is 6.01 Å². The van der Waals surface area contributed by atoms with E-state index < -0.39 is 17.8 Å². The Balaban J connectivity index is 1.51. The van der Waals surface area contributed by atoms with Crippen molar-refractivity contribution in [1.82, 2.24) is 29.5 Å². The summed E-state index contributed by atoms with van der Waals surface area (Å²) in [6, 6.07) is 4.35. The molecule has 0 spiro atoms. The van der Waals surface area contributed by atoms with E-state index in [1.807, 2.05) is 37.8 Å². The molecule has 0 aliphatic carbocycles. The average molecular weight is 642 g/mol. The number of rotatable bonds is 6. The number of aryl methyl sites for hydroxylation is 2. The molecule has 2 fully saturated rings. The van der Waals surface area contributed by atoms with Gasteiger partial charge in [0.1, 0.15) is 17.9 Å². The second-order valence-electron chi connectivity index (χ2n) is 12.2. The van der Waals surface area contributed by atoms with Crippen molar-refractivity contribution in [2.24, 2.45) is 7.05 Å². The Bertz CT molecular complexity index is 1830. The lowest BCUT2D eigenvalue weighted by atomic mass is 9.96. The van der Waals surface area contributed by atoms with Crippen molar-refractivity contribution in [2.45, 2.75) is 51.2 Å². The lowest BCUT2D eigenvalue weighted by Gasteiger charge is -2.44. The Labute approximate surface area is 264 Å². The Morgan fingerprint density at radius 1 is 1.18 bits per heavy atom. The highest BCUT2D eigenvalue weighted by Crippen LogP contribution is 2.43. The van der Waals surface area contributed by atoms with Gasteiger partial charge in [-0.3, -0.25) is 14.4 Å². The maximum Gasteiger partial charge on any atom is 0.319 e. The highest BCUT2D eigenvalue weighted by atomic mass is 35.5. The number of fused-ring (bicyclic) bond motifs is 2. The fourth-order valence-corrected chi connectivity index (χ4v) is 6.90. The molecule has 4 aromatic rings. The SMILES string of the molecule is C=CC(=O)N1C[C@H](C)N(c2nc(OC[C@@H]3CC(F)(F)CN3C)nc3c(F)c(-c4c(C)ccc5cnn(C)c45)c(Cl)cc23)C[C@H]1C. The van der Waals surface area contributed by atoms with Crippen molar-refractivity contribution >= 4 is 45.1 Å². The van der Waals surface area contributed by atoms with Crippen molar-refractivity contribution in [2.75, 3.05) is 38.2 Å². The van der Waals surface area contributed by atoms with Crippen molar-refractivity contribution in [1.29, 1.82) is 0 Å². The van der Waals surface area contributed by atoms with E-state index in [-0.39, 0.29) is 59.7 Å². The summed E-state index contributed by atoms with van der Waals surface area (Å²) in [7, 11) is 3.40. The van der Waals surface area contributed by atoms with Crippen LogP contribution >= 0.6 is 11.6 Å². The summed E-state index contributed by atoms with van der Waals surface area (Å²) in [5.74, 6) is -3.28. The minimum absolute atomic E-state index is 0.0115. The van der Waals surface area contributed by atoms with Crippen LogP contribution in [0.1, 0.15) is 25.8 Å². The first-order valence-electron chi connectivity index (χ1n) is 14.8.